The third-order valence-electron chi connectivity index (χ3n) is 5.50. The number of alkyl carbamates (subject to hydrolysis) is 1. The Bertz CT molecular complexity index is 1020. The maximum Gasteiger partial charge on any atom is 0.407 e. The molecule has 35 heavy (non-hydrogen) atoms. The van der Waals surface area contributed by atoms with Crippen LogP contribution in [0.4, 0.5) is 4.79 Å². The molecule has 2 aromatic carbocycles. The Morgan fingerprint density at radius 1 is 0.971 bits per heavy atom. The Hall–Kier alpha value is -3.36. The number of amides is 2. The van der Waals surface area contributed by atoms with Crippen molar-refractivity contribution >= 4 is 29.6 Å². The predicted octanol–water partition coefficient (Wildman–Crippen LogP) is 3.45. The molecule has 8 nitrogen and oxygen atoms in total. The van der Waals surface area contributed by atoms with Crippen molar-refractivity contribution in [2.75, 3.05) is 6.54 Å². The summed E-state index contributed by atoms with van der Waals surface area (Å²) < 4.78 is 5.14. The number of halogens is 1. The van der Waals surface area contributed by atoms with Gasteiger partial charge in [0.05, 0.1) is 6.04 Å². The summed E-state index contributed by atoms with van der Waals surface area (Å²) in [4.78, 5) is 36.4. The molecule has 3 rings (SSSR count). The highest BCUT2D eigenvalue weighted by Gasteiger charge is 2.27. The zero-order valence-electron chi connectivity index (χ0n) is 19.3. The van der Waals surface area contributed by atoms with E-state index in [4.69, 9.17) is 16.3 Å². The van der Waals surface area contributed by atoms with E-state index in [1.54, 1.807) is 18.2 Å². The van der Waals surface area contributed by atoms with E-state index in [-0.39, 0.29) is 25.0 Å². The van der Waals surface area contributed by atoms with Gasteiger partial charge in [0.1, 0.15) is 12.6 Å². The molecule has 0 heterocycles. The normalized spacial score (nSPS) is 14.1. The Kier molecular flexibility index (Phi) is 10.1. The fourth-order valence-corrected chi connectivity index (χ4v) is 3.67. The van der Waals surface area contributed by atoms with Gasteiger partial charge in [0.2, 0.25) is 5.91 Å². The van der Waals surface area contributed by atoms with E-state index in [1.165, 1.54) is 0 Å². The number of carbonyl (C=O) groups excluding carboxylic acids is 2. The number of carboxylic acid groups (broad SMARTS) is 1. The summed E-state index contributed by atoms with van der Waals surface area (Å²) in [6, 6.07) is 15.2. The van der Waals surface area contributed by atoms with Gasteiger partial charge >= 0.3 is 12.1 Å². The maximum absolute atomic E-state index is 12.9. The lowest BCUT2D eigenvalue weighted by molar-refractivity contribution is -0.142. The second-order valence-electron chi connectivity index (χ2n) is 8.31. The van der Waals surface area contributed by atoms with Crippen LogP contribution in [0.5, 0.6) is 0 Å². The topological polar surface area (TPSA) is 117 Å². The highest BCUT2D eigenvalue weighted by molar-refractivity contribution is 6.31. The van der Waals surface area contributed by atoms with Gasteiger partial charge < -0.3 is 20.5 Å². The molecule has 2 aromatic rings. The molecule has 186 valence electrons. The summed E-state index contributed by atoms with van der Waals surface area (Å²) in [5.41, 5.74) is 1.70. The molecule has 2 unspecified atom stereocenters. The van der Waals surface area contributed by atoms with Gasteiger partial charge in [0, 0.05) is 23.2 Å². The summed E-state index contributed by atoms with van der Waals surface area (Å²) in [5.74, 6) is -1.44. The fraction of sp³-hybridized carbons (Fsp3) is 0.346. The van der Waals surface area contributed by atoms with Crippen molar-refractivity contribution in [1.82, 2.24) is 16.0 Å². The lowest BCUT2D eigenvalue weighted by Crippen LogP contribution is -2.51. The minimum Gasteiger partial charge on any atom is -0.480 e. The zero-order valence-corrected chi connectivity index (χ0v) is 20.0. The molecule has 1 aliphatic carbocycles. The van der Waals surface area contributed by atoms with Crippen LogP contribution in [0.2, 0.25) is 5.02 Å². The van der Waals surface area contributed by atoms with E-state index >= 15 is 0 Å². The van der Waals surface area contributed by atoms with Crippen LogP contribution in [0.3, 0.4) is 0 Å². The molecule has 0 spiro atoms. The van der Waals surface area contributed by atoms with Crippen molar-refractivity contribution < 1.29 is 24.2 Å². The average Bonchev–Trinajstić information content (AvgIpc) is 3.66. The standard InChI is InChI=1S/C26H30ClN3O5/c27-21-11-5-4-10-19(21)17-35-26(34)28-15-7-6-12-22(25(32)33)30-24(31)23(29-20-13-14-20)16-18-8-2-1-3-9-18/h1-5,8-11,13-14,20,22-23,29H,6-7,12,15-17H2,(H,28,34)(H,30,31)(H,32,33). The smallest absolute Gasteiger partial charge is 0.407 e. The first-order valence-electron chi connectivity index (χ1n) is 11.6. The van der Waals surface area contributed by atoms with Gasteiger partial charge in [0.25, 0.3) is 0 Å². The van der Waals surface area contributed by atoms with E-state index in [1.807, 2.05) is 48.6 Å². The highest BCUT2D eigenvalue weighted by atomic mass is 35.5. The van der Waals surface area contributed by atoms with E-state index in [0.29, 0.717) is 36.4 Å². The summed E-state index contributed by atoms with van der Waals surface area (Å²) in [5, 5.41) is 18.6. The van der Waals surface area contributed by atoms with Gasteiger partial charge in [0.15, 0.2) is 0 Å². The molecular formula is C26H30ClN3O5. The third kappa shape index (κ3) is 9.42. The minimum absolute atomic E-state index is 0.0569. The zero-order chi connectivity index (χ0) is 25.0. The molecule has 0 aliphatic heterocycles. The number of carboxylic acids is 1. The van der Waals surface area contributed by atoms with Crippen LogP contribution >= 0.6 is 11.6 Å². The number of hydrogen-bond donors (Lipinski definition) is 4. The van der Waals surface area contributed by atoms with Crippen molar-refractivity contribution in [2.45, 2.75) is 50.4 Å². The van der Waals surface area contributed by atoms with Gasteiger partial charge in [-0.3, -0.25) is 10.1 Å². The van der Waals surface area contributed by atoms with Gasteiger partial charge in [-0.1, -0.05) is 72.3 Å². The molecule has 0 saturated carbocycles. The Morgan fingerprint density at radius 3 is 2.37 bits per heavy atom. The van der Waals surface area contributed by atoms with Crippen molar-refractivity contribution in [3.8, 4) is 0 Å². The van der Waals surface area contributed by atoms with Gasteiger partial charge in [-0.15, -0.1) is 0 Å². The molecule has 1 aliphatic rings. The van der Waals surface area contributed by atoms with Gasteiger partial charge in [-0.25, -0.2) is 9.59 Å². The maximum atomic E-state index is 12.9. The van der Waals surface area contributed by atoms with E-state index in [0.717, 1.165) is 5.56 Å². The predicted molar refractivity (Wildman–Crippen MR) is 133 cm³/mol. The van der Waals surface area contributed by atoms with Gasteiger partial charge in [-0.2, -0.15) is 0 Å². The molecule has 9 heteroatoms. The van der Waals surface area contributed by atoms with E-state index < -0.39 is 24.1 Å². The molecule has 4 N–H and O–H groups in total. The van der Waals surface area contributed by atoms with Crippen LogP contribution in [0.25, 0.3) is 0 Å². The second kappa shape index (κ2) is 13.5. The largest absolute Gasteiger partial charge is 0.480 e. The summed E-state index contributed by atoms with van der Waals surface area (Å²) in [6.07, 6.45) is 5.05. The number of aliphatic carboxylic acids is 1. The Balaban J connectivity index is 1.38. The summed E-state index contributed by atoms with van der Waals surface area (Å²) in [7, 11) is 0. The number of ether oxygens (including phenoxy) is 1. The van der Waals surface area contributed by atoms with Crippen LogP contribution in [0.15, 0.2) is 66.7 Å². The average molecular weight is 500 g/mol. The highest BCUT2D eigenvalue weighted by Crippen LogP contribution is 2.15. The van der Waals surface area contributed by atoms with Crippen LogP contribution in [0, 0.1) is 0 Å². The number of carbonyl (C=O) groups is 3. The number of nitrogens with one attached hydrogen (secondary N) is 3. The van der Waals surface area contributed by atoms with Crippen molar-refractivity contribution in [3.05, 3.63) is 82.9 Å². The lowest BCUT2D eigenvalue weighted by atomic mass is 10.0. The Labute approximate surface area is 209 Å². The van der Waals surface area contributed by atoms with Crippen LogP contribution in [0.1, 0.15) is 30.4 Å². The quantitative estimate of drug-likeness (QED) is 0.234. The number of unbranched alkanes of at least 4 members (excludes halogenated alkanes) is 1. The summed E-state index contributed by atoms with van der Waals surface area (Å²) >= 11 is 6.04. The SMILES string of the molecule is O=C(NCCCCC(NC(=O)C(Cc1ccccc1)NC1C=C1)C(=O)O)OCc1ccccc1Cl. The molecule has 0 bridgehead atoms. The van der Waals surface area contributed by atoms with Crippen molar-refractivity contribution in [1.29, 1.82) is 0 Å². The monoisotopic (exact) mass is 499 g/mol. The molecule has 0 aromatic heterocycles. The van der Waals surface area contributed by atoms with Crippen molar-refractivity contribution in [2.24, 2.45) is 0 Å². The minimum atomic E-state index is -1.09. The lowest BCUT2D eigenvalue weighted by Gasteiger charge is -2.22. The molecule has 0 radical (unpaired) electrons. The second-order valence-corrected chi connectivity index (χ2v) is 8.72. The molecule has 0 saturated heterocycles. The Morgan fingerprint density at radius 2 is 1.69 bits per heavy atom. The van der Waals surface area contributed by atoms with E-state index in [9.17, 15) is 19.5 Å². The third-order valence-corrected chi connectivity index (χ3v) is 5.87. The fourth-order valence-electron chi connectivity index (χ4n) is 3.48. The van der Waals surface area contributed by atoms with Crippen LogP contribution in [-0.4, -0.2) is 47.7 Å². The number of hydrogen-bond acceptors (Lipinski definition) is 5. The first kappa shape index (κ1) is 26.2. The first-order chi connectivity index (χ1) is 16.9. The molecule has 2 amide bonds. The van der Waals surface area contributed by atoms with Gasteiger partial charge in [-0.05, 0) is 37.3 Å². The number of rotatable bonds is 14. The van der Waals surface area contributed by atoms with Crippen molar-refractivity contribution in [3.63, 3.8) is 0 Å². The number of benzene rings is 2. The first-order valence-corrected chi connectivity index (χ1v) is 12.0. The van der Waals surface area contributed by atoms with E-state index in [2.05, 4.69) is 16.0 Å². The molecule has 2 atom stereocenters. The van der Waals surface area contributed by atoms with Crippen LogP contribution < -0.4 is 16.0 Å². The molecular weight excluding hydrogens is 470 g/mol. The molecule has 0 fully saturated rings. The van der Waals surface area contributed by atoms with Crippen LogP contribution in [-0.2, 0) is 27.4 Å². The summed E-state index contributed by atoms with van der Waals surface area (Å²) in [6.45, 7) is 0.389.